The Balaban J connectivity index is 2.53. The van der Waals surface area contributed by atoms with E-state index in [4.69, 9.17) is 4.42 Å². The second kappa shape index (κ2) is 7.33. The van der Waals surface area contributed by atoms with Gasteiger partial charge < -0.3 is 9.73 Å². The van der Waals surface area contributed by atoms with Gasteiger partial charge in [-0.3, -0.25) is 0 Å². The molecule has 0 saturated heterocycles. The first-order chi connectivity index (χ1) is 8.15. The van der Waals surface area contributed by atoms with Crippen LogP contribution in [0.1, 0.15) is 45.6 Å². The highest BCUT2D eigenvalue weighted by Crippen LogP contribution is 2.13. The molecular formula is C15H25NO. The van der Waals surface area contributed by atoms with Gasteiger partial charge in [0.25, 0.3) is 0 Å². The fraction of sp³-hybridized carbons (Fsp3) is 0.600. The molecule has 0 aromatic carbocycles. The Kier molecular flexibility index (Phi) is 6.06. The quantitative estimate of drug-likeness (QED) is 0.776. The van der Waals surface area contributed by atoms with Gasteiger partial charge in [0.1, 0.15) is 11.5 Å². The van der Waals surface area contributed by atoms with Crippen molar-refractivity contribution in [1.29, 1.82) is 0 Å². The average molecular weight is 235 g/mol. The molecule has 0 bridgehead atoms. The maximum atomic E-state index is 5.69. The second-order valence-corrected chi connectivity index (χ2v) is 4.84. The number of hydrogen-bond acceptors (Lipinski definition) is 2. The number of furan rings is 1. The molecule has 1 N–H and O–H groups in total. The van der Waals surface area contributed by atoms with E-state index in [1.165, 1.54) is 5.57 Å². The van der Waals surface area contributed by atoms with Crippen molar-refractivity contribution in [3.8, 4) is 0 Å². The van der Waals surface area contributed by atoms with Crippen molar-refractivity contribution in [2.24, 2.45) is 5.92 Å². The zero-order valence-electron chi connectivity index (χ0n) is 11.5. The lowest BCUT2D eigenvalue weighted by Crippen LogP contribution is -2.21. The Morgan fingerprint density at radius 3 is 2.65 bits per heavy atom. The van der Waals surface area contributed by atoms with Crippen molar-refractivity contribution in [1.82, 2.24) is 5.32 Å². The van der Waals surface area contributed by atoms with E-state index in [1.54, 1.807) is 0 Å². The third kappa shape index (κ3) is 5.22. The zero-order chi connectivity index (χ0) is 12.7. The van der Waals surface area contributed by atoms with Crippen LogP contribution in [0.15, 0.2) is 22.1 Å². The van der Waals surface area contributed by atoms with E-state index in [0.29, 0.717) is 5.92 Å². The van der Waals surface area contributed by atoms with E-state index in [1.807, 2.05) is 0 Å². The Bertz CT molecular complexity index is 350. The molecule has 1 heterocycles. The molecule has 0 radical (unpaired) electrons. The van der Waals surface area contributed by atoms with Gasteiger partial charge in [-0.1, -0.05) is 33.3 Å². The van der Waals surface area contributed by atoms with Crippen LogP contribution < -0.4 is 5.32 Å². The molecule has 17 heavy (non-hydrogen) atoms. The highest BCUT2D eigenvalue weighted by atomic mass is 16.3. The van der Waals surface area contributed by atoms with Crippen LogP contribution in [0.3, 0.4) is 0 Å². The Labute approximate surface area is 105 Å². The standard InChI is InChI=1S/C15H25NO/c1-5-13(11-16-10-12(3)4)9-15-8-7-14(6-2)17-15/h7-9,12,16H,5-6,10-11H2,1-4H3. The molecule has 0 amide bonds. The molecule has 0 fully saturated rings. The molecule has 1 aromatic heterocycles. The summed E-state index contributed by atoms with van der Waals surface area (Å²) in [4.78, 5) is 0. The predicted octanol–water partition coefficient (Wildman–Crippen LogP) is 3.88. The van der Waals surface area contributed by atoms with Crippen LogP contribution in [0.5, 0.6) is 0 Å². The molecule has 0 unspecified atom stereocenters. The highest BCUT2D eigenvalue weighted by molar-refractivity contribution is 5.48. The summed E-state index contributed by atoms with van der Waals surface area (Å²) in [6.45, 7) is 10.8. The van der Waals surface area contributed by atoms with Crippen molar-refractivity contribution in [3.05, 3.63) is 29.2 Å². The van der Waals surface area contributed by atoms with Crippen LogP contribution in [-0.4, -0.2) is 13.1 Å². The molecule has 96 valence electrons. The summed E-state index contributed by atoms with van der Waals surface area (Å²) >= 11 is 0. The van der Waals surface area contributed by atoms with Crippen LogP contribution in [0.2, 0.25) is 0 Å². The fourth-order valence-electron chi connectivity index (χ4n) is 1.66. The van der Waals surface area contributed by atoms with Gasteiger partial charge in [-0.15, -0.1) is 0 Å². The normalized spacial score (nSPS) is 12.4. The smallest absolute Gasteiger partial charge is 0.127 e. The SMILES string of the molecule is CCC(=Cc1ccc(CC)o1)CNCC(C)C. The van der Waals surface area contributed by atoms with E-state index in [0.717, 1.165) is 37.5 Å². The summed E-state index contributed by atoms with van der Waals surface area (Å²) in [7, 11) is 0. The van der Waals surface area contributed by atoms with Gasteiger partial charge in [-0.25, -0.2) is 0 Å². The molecule has 2 heteroatoms. The minimum atomic E-state index is 0.698. The monoisotopic (exact) mass is 235 g/mol. The minimum Gasteiger partial charge on any atom is -0.462 e. The maximum Gasteiger partial charge on any atom is 0.127 e. The maximum absolute atomic E-state index is 5.69. The fourth-order valence-corrected chi connectivity index (χ4v) is 1.66. The molecule has 0 aliphatic carbocycles. The lowest BCUT2D eigenvalue weighted by molar-refractivity contribution is 0.506. The van der Waals surface area contributed by atoms with Gasteiger partial charge in [0.2, 0.25) is 0 Å². The largest absolute Gasteiger partial charge is 0.462 e. The van der Waals surface area contributed by atoms with Gasteiger partial charge in [-0.2, -0.15) is 0 Å². The highest BCUT2D eigenvalue weighted by Gasteiger charge is 2.00. The Morgan fingerprint density at radius 2 is 2.12 bits per heavy atom. The summed E-state index contributed by atoms with van der Waals surface area (Å²) in [5.41, 5.74) is 1.39. The summed E-state index contributed by atoms with van der Waals surface area (Å²) in [6, 6.07) is 4.11. The van der Waals surface area contributed by atoms with Crippen LogP contribution in [0, 0.1) is 5.92 Å². The molecule has 0 atom stereocenters. The Morgan fingerprint density at radius 1 is 1.35 bits per heavy atom. The summed E-state index contributed by atoms with van der Waals surface area (Å²) in [6.07, 6.45) is 4.18. The van der Waals surface area contributed by atoms with Crippen LogP contribution in [-0.2, 0) is 6.42 Å². The topological polar surface area (TPSA) is 25.2 Å². The molecule has 1 aromatic rings. The average Bonchev–Trinajstić information content (AvgIpc) is 2.75. The number of nitrogens with one attached hydrogen (secondary N) is 1. The summed E-state index contributed by atoms with van der Waals surface area (Å²) in [5, 5.41) is 3.47. The van der Waals surface area contributed by atoms with Gasteiger partial charge >= 0.3 is 0 Å². The van der Waals surface area contributed by atoms with Gasteiger partial charge in [0.15, 0.2) is 0 Å². The molecule has 0 spiro atoms. The first-order valence-corrected chi connectivity index (χ1v) is 6.64. The van der Waals surface area contributed by atoms with E-state index in [9.17, 15) is 0 Å². The van der Waals surface area contributed by atoms with Gasteiger partial charge in [-0.05, 0) is 37.1 Å². The lowest BCUT2D eigenvalue weighted by Gasteiger charge is -2.08. The van der Waals surface area contributed by atoms with Crippen molar-refractivity contribution in [2.75, 3.05) is 13.1 Å². The number of hydrogen-bond donors (Lipinski definition) is 1. The van der Waals surface area contributed by atoms with E-state index >= 15 is 0 Å². The van der Waals surface area contributed by atoms with E-state index < -0.39 is 0 Å². The van der Waals surface area contributed by atoms with Crippen LogP contribution >= 0.6 is 0 Å². The van der Waals surface area contributed by atoms with Crippen molar-refractivity contribution >= 4 is 6.08 Å². The number of rotatable bonds is 7. The van der Waals surface area contributed by atoms with Crippen molar-refractivity contribution < 1.29 is 4.42 Å². The third-order valence-corrected chi connectivity index (χ3v) is 2.74. The molecule has 0 aliphatic heterocycles. The molecular weight excluding hydrogens is 210 g/mol. The first-order valence-electron chi connectivity index (χ1n) is 6.64. The molecule has 2 nitrogen and oxygen atoms in total. The predicted molar refractivity (Wildman–Crippen MR) is 74.1 cm³/mol. The Hall–Kier alpha value is -1.02. The summed E-state index contributed by atoms with van der Waals surface area (Å²) in [5.74, 6) is 2.73. The minimum absolute atomic E-state index is 0.698. The van der Waals surface area contributed by atoms with Gasteiger partial charge in [0.05, 0.1) is 0 Å². The third-order valence-electron chi connectivity index (χ3n) is 2.74. The zero-order valence-corrected chi connectivity index (χ0v) is 11.5. The number of aryl methyl sites for hydroxylation is 1. The second-order valence-electron chi connectivity index (χ2n) is 4.84. The summed E-state index contributed by atoms with van der Waals surface area (Å²) < 4.78 is 5.69. The van der Waals surface area contributed by atoms with Crippen LogP contribution in [0.25, 0.3) is 6.08 Å². The van der Waals surface area contributed by atoms with E-state index in [2.05, 4.69) is 51.2 Å². The molecule has 0 saturated carbocycles. The molecule has 0 aliphatic rings. The van der Waals surface area contributed by atoms with E-state index in [-0.39, 0.29) is 0 Å². The first kappa shape index (κ1) is 14.0. The van der Waals surface area contributed by atoms with Crippen LogP contribution in [0.4, 0.5) is 0 Å². The lowest BCUT2D eigenvalue weighted by atomic mass is 10.1. The van der Waals surface area contributed by atoms with Crippen molar-refractivity contribution in [2.45, 2.75) is 40.5 Å². The van der Waals surface area contributed by atoms with Gasteiger partial charge in [0, 0.05) is 13.0 Å². The molecule has 1 rings (SSSR count). The van der Waals surface area contributed by atoms with Crippen molar-refractivity contribution in [3.63, 3.8) is 0 Å².